The summed E-state index contributed by atoms with van der Waals surface area (Å²) >= 11 is 5.85. The molecule has 1 aromatic carbocycles. The molecule has 0 atom stereocenters. The highest BCUT2D eigenvalue weighted by Gasteiger charge is 2.06. The summed E-state index contributed by atoms with van der Waals surface area (Å²) in [4.78, 5) is 13.8. The minimum absolute atomic E-state index is 0.0901. The number of nitrogen functional groups attached to an aromatic ring is 1. The smallest absolute Gasteiger partial charge is 0.224 e. The van der Waals surface area contributed by atoms with Crippen molar-refractivity contribution in [2.45, 2.75) is 19.3 Å². The number of hydrogen-bond donors (Lipinski definition) is 2. The SMILES string of the molecule is CN(CCC#N)CCCC(=O)Nc1cc(Cl)ccc1N. The molecule has 3 N–H and O–H groups in total. The maximum absolute atomic E-state index is 11.8. The first-order chi connectivity index (χ1) is 9.52. The number of nitrogens with one attached hydrogen (secondary N) is 1. The van der Waals surface area contributed by atoms with Gasteiger partial charge in [0.15, 0.2) is 0 Å². The Labute approximate surface area is 124 Å². The normalized spacial score (nSPS) is 10.3. The van der Waals surface area contributed by atoms with Gasteiger partial charge in [-0.2, -0.15) is 5.26 Å². The lowest BCUT2D eigenvalue weighted by molar-refractivity contribution is -0.116. The third-order valence-electron chi connectivity index (χ3n) is 2.84. The molecule has 1 rings (SSSR count). The highest BCUT2D eigenvalue weighted by Crippen LogP contribution is 2.23. The molecule has 0 saturated carbocycles. The fraction of sp³-hybridized carbons (Fsp3) is 0.429. The van der Waals surface area contributed by atoms with Crippen molar-refractivity contribution in [2.75, 3.05) is 31.2 Å². The fourth-order valence-corrected chi connectivity index (χ4v) is 1.88. The molecular weight excluding hydrogens is 276 g/mol. The summed E-state index contributed by atoms with van der Waals surface area (Å²) in [5, 5.41) is 11.8. The number of nitrogens with zero attached hydrogens (tertiary/aromatic N) is 2. The zero-order chi connectivity index (χ0) is 15.0. The number of rotatable bonds is 7. The summed E-state index contributed by atoms with van der Waals surface area (Å²) in [5.41, 5.74) is 6.79. The van der Waals surface area contributed by atoms with Gasteiger partial charge in [-0.1, -0.05) is 11.6 Å². The number of benzene rings is 1. The molecular formula is C14H19ClN4O. The first-order valence-corrected chi connectivity index (χ1v) is 6.81. The molecule has 20 heavy (non-hydrogen) atoms. The highest BCUT2D eigenvalue weighted by atomic mass is 35.5. The lowest BCUT2D eigenvalue weighted by Gasteiger charge is -2.14. The predicted octanol–water partition coefficient (Wildman–Crippen LogP) is 2.49. The minimum Gasteiger partial charge on any atom is -0.397 e. The van der Waals surface area contributed by atoms with E-state index in [1.54, 1.807) is 18.2 Å². The maximum atomic E-state index is 11.8. The Balaban J connectivity index is 2.34. The van der Waals surface area contributed by atoms with Crippen LogP contribution in [0, 0.1) is 11.3 Å². The quantitative estimate of drug-likeness (QED) is 0.757. The van der Waals surface area contributed by atoms with Crippen molar-refractivity contribution in [3.8, 4) is 6.07 Å². The fourth-order valence-electron chi connectivity index (χ4n) is 1.71. The van der Waals surface area contributed by atoms with Crippen molar-refractivity contribution in [1.82, 2.24) is 4.90 Å². The van der Waals surface area contributed by atoms with Crippen LogP contribution >= 0.6 is 11.6 Å². The van der Waals surface area contributed by atoms with E-state index in [-0.39, 0.29) is 5.91 Å². The van der Waals surface area contributed by atoms with Gasteiger partial charge in [-0.15, -0.1) is 0 Å². The van der Waals surface area contributed by atoms with E-state index in [2.05, 4.69) is 11.4 Å². The summed E-state index contributed by atoms with van der Waals surface area (Å²) in [7, 11) is 1.93. The van der Waals surface area contributed by atoms with Gasteiger partial charge in [0, 0.05) is 24.4 Å². The van der Waals surface area contributed by atoms with Crippen LogP contribution in [0.2, 0.25) is 5.02 Å². The Kier molecular flexibility index (Phi) is 6.85. The van der Waals surface area contributed by atoms with E-state index >= 15 is 0 Å². The van der Waals surface area contributed by atoms with Gasteiger partial charge >= 0.3 is 0 Å². The number of halogens is 1. The summed E-state index contributed by atoms with van der Waals surface area (Å²) in [5.74, 6) is -0.0901. The Morgan fingerprint density at radius 2 is 2.25 bits per heavy atom. The monoisotopic (exact) mass is 294 g/mol. The molecule has 0 spiro atoms. The van der Waals surface area contributed by atoms with Crippen molar-refractivity contribution in [1.29, 1.82) is 5.26 Å². The van der Waals surface area contributed by atoms with Crippen LogP contribution in [0.1, 0.15) is 19.3 Å². The molecule has 0 saturated heterocycles. The van der Waals surface area contributed by atoms with Crippen LogP contribution in [-0.2, 0) is 4.79 Å². The van der Waals surface area contributed by atoms with Crippen LogP contribution in [0.3, 0.4) is 0 Å². The molecule has 0 radical (unpaired) electrons. The van der Waals surface area contributed by atoms with Gasteiger partial charge in [-0.05, 0) is 38.2 Å². The molecule has 0 aromatic heterocycles. The second kappa shape index (κ2) is 8.41. The standard InChI is InChI=1S/C14H19ClN4O/c1-19(9-3-7-16)8-2-4-14(20)18-13-10-11(15)5-6-12(13)17/h5-6,10H,2-4,8-9,17H2,1H3,(H,18,20). The Morgan fingerprint density at radius 1 is 1.50 bits per heavy atom. The van der Waals surface area contributed by atoms with Gasteiger partial charge in [0.2, 0.25) is 5.91 Å². The van der Waals surface area contributed by atoms with Crippen molar-refractivity contribution >= 4 is 28.9 Å². The van der Waals surface area contributed by atoms with Gasteiger partial charge < -0.3 is 16.0 Å². The number of nitriles is 1. The second-order valence-electron chi connectivity index (χ2n) is 4.59. The Bertz CT molecular complexity index is 498. The molecule has 6 heteroatoms. The first-order valence-electron chi connectivity index (χ1n) is 6.43. The average molecular weight is 295 g/mol. The van der Waals surface area contributed by atoms with Crippen molar-refractivity contribution in [2.24, 2.45) is 0 Å². The van der Waals surface area contributed by atoms with Gasteiger partial charge in [0.25, 0.3) is 0 Å². The third kappa shape index (κ3) is 5.91. The summed E-state index contributed by atoms with van der Waals surface area (Å²) < 4.78 is 0. The molecule has 0 aliphatic carbocycles. The summed E-state index contributed by atoms with van der Waals surface area (Å²) in [6.45, 7) is 1.50. The summed E-state index contributed by atoms with van der Waals surface area (Å²) in [6, 6.07) is 7.07. The molecule has 0 unspecified atom stereocenters. The molecule has 0 aliphatic heterocycles. The second-order valence-corrected chi connectivity index (χ2v) is 5.03. The van der Waals surface area contributed by atoms with Crippen LogP contribution in [0.4, 0.5) is 11.4 Å². The molecule has 0 bridgehead atoms. The first kappa shape index (κ1) is 16.3. The van der Waals surface area contributed by atoms with Crippen LogP contribution in [0.15, 0.2) is 18.2 Å². The lowest BCUT2D eigenvalue weighted by atomic mass is 10.2. The molecule has 1 amide bonds. The van der Waals surface area contributed by atoms with Crippen molar-refractivity contribution in [3.63, 3.8) is 0 Å². The molecule has 5 nitrogen and oxygen atoms in total. The van der Waals surface area contributed by atoms with Gasteiger partial charge in [-0.25, -0.2) is 0 Å². The minimum atomic E-state index is -0.0901. The van der Waals surface area contributed by atoms with Crippen LogP contribution < -0.4 is 11.1 Å². The van der Waals surface area contributed by atoms with E-state index in [0.29, 0.717) is 29.2 Å². The Morgan fingerprint density at radius 3 is 2.95 bits per heavy atom. The van der Waals surface area contributed by atoms with Gasteiger partial charge in [-0.3, -0.25) is 4.79 Å². The number of hydrogen-bond acceptors (Lipinski definition) is 4. The predicted molar refractivity (Wildman–Crippen MR) is 81.5 cm³/mol. The van der Waals surface area contributed by atoms with E-state index in [4.69, 9.17) is 22.6 Å². The van der Waals surface area contributed by atoms with Crippen molar-refractivity contribution < 1.29 is 4.79 Å². The van der Waals surface area contributed by atoms with Gasteiger partial charge in [0.1, 0.15) is 0 Å². The number of nitrogens with two attached hydrogens (primary N) is 1. The van der Waals surface area contributed by atoms with E-state index in [0.717, 1.165) is 19.5 Å². The van der Waals surface area contributed by atoms with Crippen LogP contribution in [0.25, 0.3) is 0 Å². The average Bonchev–Trinajstić information content (AvgIpc) is 2.40. The summed E-state index contributed by atoms with van der Waals surface area (Å²) in [6.07, 6.45) is 1.64. The molecule has 0 heterocycles. The topological polar surface area (TPSA) is 82.2 Å². The number of carbonyl (C=O) groups is 1. The number of anilines is 2. The van der Waals surface area contributed by atoms with E-state index in [9.17, 15) is 4.79 Å². The van der Waals surface area contributed by atoms with Crippen LogP contribution in [-0.4, -0.2) is 30.9 Å². The zero-order valence-electron chi connectivity index (χ0n) is 11.5. The Hall–Kier alpha value is -1.77. The largest absolute Gasteiger partial charge is 0.397 e. The highest BCUT2D eigenvalue weighted by molar-refractivity contribution is 6.31. The van der Waals surface area contributed by atoms with Gasteiger partial charge in [0.05, 0.1) is 17.4 Å². The van der Waals surface area contributed by atoms with E-state index in [1.165, 1.54) is 0 Å². The molecule has 108 valence electrons. The van der Waals surface area contributed by atoms with E-state index in [1.807, 2.05) is 11.9 Å². The van der Waals surface area contributed by atoms with Crippen LogP contribution in [0.5, 0.6) is 0 Å². The number of carbonyl (C=O) groups excluding carboxylic acids is 1. The van der Waals surface area contributed by atoms with Crippen molar-refractivity contribution in [3.05, 3.63) is 23.2 Å². The third-order valence-corrected chi connectivity index (χ3v) is 3.07. The molecule has 0 aliphatic rings. The maximum Gasteiger partial charge on any atom is 0.224 e. The molecule has 1 aromatic rings. The zero-order valence-corrected chi connectivity index (χ0v) is 12.3. The number of amides is 1. The van der Waals surface area contributed by atoms with E-state index < -0.39 is 0 Å². The lowest BCUT2D eigenvalue weighted by Crippen LogP contribution is -2.22. The molecule has 0 fully saturated rings.